The van der Waals surface area contributed by atoms with E-state index in [9.17, 15) is 22.8 Å². The Morgan fingerprint density at radius 1 is 1.00 bits per heavy atom. The minimum atomic E-state index is -4.53. The molecule has 1 aliphatic carbocycles. The van der Waals surface area contributed by atoms with Crippen LogP contribution in [0.4, 0.5) is 30.2 Å². The average molecular weight is 588 g/mol. The van der Waals surface area contributed by atoms with Crippen LogP contribution in [-0.4, -0.2) is 48.1 Å². The summed E-state index contributed by atoms with van der Waals surface area (Å²) >= 11 is 0. The van der Waals surface area contributed by atoms with Crippen molar-refractivity contribution in [3.05, 3.63) is 95.0 Å². The number of alkyl halides is 3. The van der Waals surface area contributed by atoms with Crippen LogP contribution >= 0.6 is 0 Å². The third-order valence-electron chi connectivity index (χ3n) is 7.35. The lowest BCUT2D eigenvalue weighted by molar-refractivity contribution is -0.137. The number of pyridine rings is 1. The molecule has 0 saturated heterocycles. The number of hydrogen-bond donors (Lipinski definition) is 3. The van der Waals surface area contributed by atoms with Gasteiger partial charge in [-0.15, -0.1) is 0 Å². The predicted molar refractivity (Wildman–Crippen MR) is 159 cm³/mol. The number of aromatic nitrogens is 1. The molecule has 2 aromatic carbocycles. The highest BCUT2D eigenvalue weighted by Crippen LogP contribution is 2.32. The molecule has 3 heterocycles. The Morgan fingerprint density at radius 3 is 2.56 bits per heavy atom. The molecule has 3 aromatic rings. The molecule has 6 rings (SSSR count). The molecule has 0 radical (unpaired) electrons. The Balaban J connectivity index is 1.11. The van der Waals surface area contributed by atoms with E-state index in [4.69, 9.17) is 0 Å². The molecule has 1 atom stereocenters. The number of aryl methyl sites for hydroxylation is 1. The summed E-state index contributed by atoms with van der Waals surface area (Å²) in [7, 11) is 0. The quantitative estimate of drug-likeness (QED) is 0.357. The molecule has 220 valence electrons. The van der Waals surface area contributed by atoms with E-state index in [2.05, 4.69) is 35.8 Å². The summed E-state index contributed by atoms with van der Waals surface area (Å²) in [6.45, 7) is 3.12. The number of anilines is 3. The van der Waals surface area contributed by atoms with Gasteiger partial charge in [-0.3, -0.25) is 9.59 Å². The zero-order valence-electron chi connectivity index (χ0n) is 23.2. The van der Waals surface area contributed by atoms with Crippen molar-refractivity contribution in [1.29, 1.82) is 0 Å². The monoisotopic (exact) mass is 587 g/mol. The number of carbonyl (C=O) groups excluding carboxylic acids is 2. The number of aliphatic imine (C=N–C) groups is 2. The van der Waals surface area contributed by atoms with Gasteiger partial charge in [-0.25, -0.2) is 15.0 Å². The van der Waals surface area contributed by atoms with Crippen LogP contribution in [0.15, 0.2) is 82.6 Å². The van der Waals surface area contributed by atoms with E-state index in [1.807, 2.05) is 31.3 Å². The molecule has 3 N–H and O–H groups in total. The Hall–Kier alpha value is -5.00. The number of halogens is 3. The number of guanidine groups is 1. The van der Waals surface area contributed by atoms with Gasteiger partial charge >= 0.3 is 6.18 Å². The van der Waals surface area contributed by atoms with Crippen LogP contribution in [-0.2, 0) is 6.18 Å². The fourth-order valence-electron chi connectivity index (χ4n) is 4.87. The Labute approximate surface area is 245 Å². The van der Waals surface area contributed by atoms with Gasteiger partial charge in [-0.05, 0) is 73.9 Å². The number of rotatable bonds is 6. The molecule has 0 spiro atoms. The third-order valence-corrected chi connectivity index (χ3v) is 7.35. The second kappa shape index (κ2) is 11.3. The average Bonchev–Trinajstić information content (AvgIpc) is 3.82. The Morgan fingerprint density at radius 2 is 1.81 bits per heavy atom. The molecule has 12 heteroatoms. The second-order valence-corrected chi connectivity index (χ2v) is 10.7. The van der Waals surface area contributed by atoms with Crippen molar-refractivity contribution in [3.63, 3.8) is 0 Å². The highest BCUT2D eigenvalue weighted by Gasteiger charge is 2.31. The number of fused-ring (bicyclic) bond motifs is 1. The molecule has 1 unspecified atom stereocenters. The van der Waals surface area contributed by atoms with Crippen LogP contribution in [0, 0.1) is 12.8 Å². The predicted octanol–water partition coefficient (Wildman–Crippen LogP) is 5.43. The minimum absolute atomic E-state index is 0.0614. The fourth-order valence-corrected chi connectivity index (χ4v) is 4.87. The van der Waals surface area contributed by atoms with E-state index in [0.29, 0.717) is 36.1 Å². The maximum Gasteiger partial charge on any atom is 0.416 e. The van der Waals surface area contributed by atoms with E-state index in [1.165, 1.54) is 12.1 Å². The van der Waals surface area contributed by atoms with Crippen molar-refractivity contribution in [2.45, 2.75) is 32.0 Å². The van der Waals surface area contributed by atoms with Crippen molar-refractivity contribution in [1.82, 2.24) is 10.3 Å². The molecule has 1 fully saturated rings. The van der Waals surface area contributed by atoms with Crippen LogP contribution in [0.2, 0.25) is 0 Å². The lowest BCUT2D eigenvalue weighted by atomic mass is 10.00. The van der Waals surface area contributed by atoms with Crippen molar-refractivity contribution in [3.8, 4) is 0 Å². The lowest BCUT2D eigenvalue weighted by Gasteiger charge is -2.34. The van der Waals surface area contributed by atoms with Gasteiger partial charge in [-0.2, -0.15) is 13.2 Å². The second-order valence-electron chi connectivity index (χ2n) is 10.7. The first-order valence-electron chi connectivity index (χ1n) is 13.8. The van der Waals surface area contributed by atoms with Crippen molar-refractivity contribution in [2.75, 3.05) is 28.6 Å². The standard InChI is InChI=1S/C31H28F3N7O2/c1-18-5-6-23(38-28(42)19-3-2-4-21(13-19)31(32,33)34)14-27(18)41-12-11-25-20(17-41)15-36-30(40-25)39-24-9-10-26(35-16-24)29(43)37-22-7-8-22/h2-6,9-11,13-16,20,22H,7-8,12,17H2,1H3,(H,37,43)(H,38,42)(H,39,40). The number of benzene rings is 2. The van der Waals surface area contributed by atoms with E-state index in [0.717, 1.165) is 41.9 Å². The third kappa shape index (κ3) is 6.58. The molecule has 3 aliphatic rings. The highest BCUT2D eigenvalue weighted by atomic mass is 19.4. The van der Waals surface area contributed by atoms with Crippen LogP contribution < -0.4 is 20.9 Å². The number of hydrogen-bond acceptors (Lipinski definition) is 7. The summed E-state index contributed by atoms with van der Waals surface area (Å²) in [6, 6.07) is 13.4. The highest BCUT2D eigenvalue weighted by molar-refractivity contribution is 6.05. The molecule has 2 amide bonds. The van der Waals surface area contributed by atoms with Crippen molar-refractivity contribution >= 4 is 41.1 Å². The van der Waals surface area contributed by atoms with Crippen LogP contribution in [0.25, 0.3) is 0 Å². The van der Waals surface area contributed by atoms with E-state index in [1.54, 1.807) is 24.4 Å². The number of amides is 2. The molecular weight excluding hydrogens is 559 g/mol. The maximum absolute atomic E-state index is 13.1. The Bertz CT molecular complexity index is 1660. The molecular formula is C31H28F3N7O2. The van der Waals surface area contributed by atoms with Crippen LogP contribution in [0.3, 0.4) is 0 Å². The smallest absolute Gasteiger partial charge is 0.366 e. The van der Waals surface area contributed by atoms with E-state index in [-0.39, 0.29) is 23.4 Å². The summed E-state index contributed by atoms with van der Waals surface area (Å²) in [5.41, 5.74) is 3.28. The number of carbonyl (C=O) groups is 2. The number of nitrogens with zero attached hydrogens (tertiary/aromatic N) is 4. The Kier molecular flexibility index (Phi) is 7.43. The molecule has 1 aromatic heterocycles. The van der Waals surface area contributed by atoms with Crippen molar-refractivity contribution < 1.29 is 22.8 Å². The normalized spacial score (nSPS) is 17.9. The van der Waals surface area contributed by atoms with Gasteiger partial charge in [0.2, 0.25) is 5.96 Å². The summed E-state index contributed by atoms with van der Waals surface area (Å²) in [6.07, 6.45) is 2.90. The summed E-state index contributed by atoms with van der Waals surface area (Å²) in [4.78, 5) is 40.4. The van der Waals surface area contributed by atoms with Crippen LogP contribution in [0.5, 0.6) is 0 Å². The summed E-state index contributed by atoms with van der Waals surface area (Å²) < 4.78 is 39.3. The molecule has 1 saturated carbocycles. The van der Waals surface area contributed by atoms with Gasteiger partial charge < -0.3 is 20.9 Å². The van der Waals surface area contributed by atoms with E-state index >= 15 is 0 Å². The molecule has 9 nitrogen and oxygen atoms in total. The van der Waals surface area contributed by atoms with E-state index < -0.39 is 17.6 Å². The first-order chi connectivity index (χ1) is 20.6. The largest absolute Gasteiger partial charge is 0.416 e. The lowest BCUT2D eigenvalue weighted by Crippen LogP contribution is -2.37. The molecule has 43 heavy (non-hydrogen) atoms. The van der Waals surface area contributed by atoms with Gasteiger partial charge in [0.1, 0.15) is 5.69 Å². The van der Waals surface area contributed by atoms with Gasteiger partial charge in [-0.1, -0.05) is 12.1 Å². The van der Waals surface area contributed by atoms with Gasteiger partial charge in [0.05, 0.1) is 29.1 Å². The topological polar surface area (TPSA) is 111 Å². The summed E-state index contributed by atoms with van der Waals surface area (Å²) in [5.74, 6) is -0.445. The van der Waals surface area contributed by atoms with Gasteiger partial charge in [0.15, 0.2) is 0 Å². The van der Waals surface area contributed by atoms with Crippen LogP contribution in [0.1, 0.15) is 44.8 Å². The van der Waals surface area contributed by atoms with Gasteiger partial charge in [0, 0.05) is 42.3 Å². The zero-order valence-corrected chi connectivity index (χ0v) is 23.2. The van der Waals surface area contributed by atoms with Crippen molar-refractivity contribution in [2.24, 2.45) is 15.9 Å². The summed E-state index contributed by atoms with van der Waals surface area (Å²) in [5, 5.41) is 8.77. The first kappa shape index (κ1) is 28.1. The number of nitrogens with one attached hydrogen (secondary N) is 3. The maximum atomic E-state index is 13.1. The molecule has 0 bridgehead atoms. The SMILES string of the molecule is Cc1ccc(NC(=O)c2cccc(C(F)(F)F)c2)cc1N1CC=C2N=C(Nc3ccc(C(=O)NC4CC4)nc3)N=CC2C1. The minimum Gasteiger partial charge on any atom is -0.366 e. The zero-order chi connectivity index (χ0) is 30.1. The van der Waals surface area contributed by atoms with Gasteiger partial charge in [0.25, 0.3) is 11.8 Å². The fraction of sp³-hybridized carbons (Fsp3) is 0.258. The first-order valence-corrected chi connectivity index (χ1v) is 13.8. The molecule has 2 aliphatic heterocycles.